The van der Waals surface area contributed by atoms with Crippen LogP contribution in [0.15, 0.2) is 18.2 Å². The van der Waals surface area contributed by atoms with Crippen LogP contribution < -0.4 is 0 Å². The van der Waals surface area contributed by atoms with Crippen molar-refractivity contribution >= 4 is 34.8 Å². The summed E-state index contributed by atoms with van der Waals surface area (Å²) in [5, 5.41) is 11.4. The molecule has 7 heteroatoms. The Morgan fingerprint density at radius 2 is 2.05 bits per heavy atom. The van der Waals surface area contributed by atoms with E-state index in [0.717, 1.165) is 12.8 Å². The first-order valence-corrected chi connectivity index (χ1v) is 7.59. The highest BCUT2D eigenvalue weighted by atomic mass is 35.5. The lowest BCUT2D eigenvalue weighted by Gasteiger charge is -2.33. The Kier molecular flexibility index (Phi) is 5.06. The predicted molar refractivity (Wildman–Crippen MR) is 82.0 cm³/mol. The fourth-order valence-corrected chi connectivity index (χ4v) is 3.00. The second-order valence-electron chi connectivity index (χ2n) is 5.23. The highest BCUT2D eigenvalue weighted by Gasteiger charge is 2.29. The van der Waals surface area contributed by atoms with Crippen LogP contribution in [-0.4, -0.2) is 34.2 Å². The molecule has 1 saturated heterocycles. The molecule has 1 aliphatic heterocycles. The van der Waals surface area contributed by atoms with Gasteiger partial charge in [0.25, 0.3) is 11.6 Å². The molecule has 1 unspecified atom stereocenters. The van der Waals surface area contributed by atoms with Gasteiger partial charge in [0.1, 0.15) is 5.56 Å². The third-order valence-electron chi connectivity index (χ3n) is 3.86. The number of halogens is 2. The van der Waals surface area contributed by atoms with Crippen molar-refractivity contribution in [3.8, 4) is 0 Å². The number of nitro benzene ring substituents is 1. The van der Waals surface area contributed by atoms with E-state index in [-0.39, 0.29) is 22.5 Å². The van der Waals surface area contributed by atoms with E-state index in [1.165, 1.54) is 18.2 Å². The fraction of sp³-hybridized carbons (Fsp3) is 0.500. The summed E-state index contributed by atoms with van der Waals surface area (Å²) >= 11 is 11.9. The SMILES string of the molecule is CC(Cl)C1CCN(C(=O)c2cc(Cl)ccc2[N+](=O)[O-])CC1. The molecule has 114 valence electrons. The standard InChI is InChI=1S/C14H16Cl2N2O3/c1-9(15)10-4-6-17(7-5-10)14(19)12-8-11(16)2-3-13(12)18(20)21/h2-3,8-10H,4-7H2,1H3. The lowest BCUT2D eigenvalue weighted by atomic mass is 9.93. The number of alkyl halides is 1. The van der Waals surface area contributed by atoms with Gasteiger partial charge in [0.15, 0.2) is 0 Å². The lowest BCUT2D eigenvalue weighted by molar-refractivity contribution is -0.385. The van der Waals surface area contributed by atoms with Gasteiger partial charge in [0.2, 0.25) is 0 Å². The number of hydrogen-bond donors (Lipinski definition) is 0. The largest absolute Gasteiger partial charge is 0.338 e. The van der Waals surface area contributed by atoms with Gasteiger partial charge in [-0.05, 0) is 37.8 Å². The zero-order chi connectivity index (χ0) is 15.6. The Bertz CT molecular complexity index is 555. The molecule has 0 radical (unpaired) electrons. The van der Waals surface area contributed by atoms with E-state index in [1.807, 2.05) is 6.92 Å². The molecule has 1 aromatic rings. The van der Waals surface area contributed by atoms with Crippen molar-refractivity contribution in [2.45, 2.75) is 25.1 Å². The minimum absolute atomic E-state index is 0.0462. The average molecular weight is 331 g/mol. The van der Waals surface area contributed by atoms with Crippen molar-refractivity contribution in [3.63, 3.8) is 0 Å². The van der Waals surface area contributed by atoms with Crippen LogP contribution in [0.4, 0.5) is 5.69 Å². The highest BCUT2D eigenvalue weighted by Crippen LogP contribution is 2.28. The Morgan fingerprint density at radius 3 is 2.57 bits per heavy atom. The molecular formula is C14H16Cl2N2O3. The molecular weight excluding hydrogens is 315 g/mol. The van der Waals surface area contributed by atoms with E-state index < -0.39 is 4.92 Å². The molecule has 1 aliphatic rings. The zero-order valence-corrected chi connectivity index (χ0v) is 13.1. The van der Waals surface area contributed by atoms with Gasteiger partial charge in [-0.25, -0.2) is 0 Å². The monoisotopic (exact) mass is 330 g/mol. The molecule has 1 aromatic carbocycles. The van der Waals surface area contributed by atoms with Crippen molar-refractivity contribution in [1.82, 2.24) is 4.90 Å². The van der Waals surface area contributed by atoms with Crippen LogP contribution in [0.2, 0.25) is 5.02 Å². The lowest BCUT2D eigenvalue weighted by Crippen LogP contribution is -2.40. The van der Waals surface area contributed by atoms with E-state index in [9.17, 15) is 14.9 Å². The first-order valence-electron chi connectivity index (χ1n) is 6.77. The third-order valence-corrected chi connectivity index (χ3v) is 4.45. The van der Waals surface area contributed by atoms with Crippen LogP contribution in [0.3, 0.4) is 0 Å². The Morgan fingerprint density at radius 1 is 1.43 bits per heavy atom. The van der Waals surface area contributed by atoms with Gasteiger partial charge >= 0.3 is 0 Å². The number of nitro groups is 1. The van der Waals surface area contributed by atoms with E-state index in [4.69, 9.17) is 23.2 Å². The molecule has 1 fully saturated rings. The topological polar surface area (TPSA) is 63.5 Å². The maximum Gasteiger partial charge on any atom is 0.282 e. The number of piperidine rings is 1. The minimum Gasteiger partial charge on any atom is -0.338 e. The quantitative estimate of drug-likeness (QED) is 0.482. The summed E-state index contributed by atoms with van der Waals surface area (Å²) in [5.41, 5.74) is -0.165. The fourth-order valence-electron chi connectivity index (χ4n) is 2.57. The average Bonchev–Trinajstić information content (AvgIpc) is 2.46. The number of benzene rings is 1. The normalized spacial score (nSPS) is 17.6. The predicted octanol–water partition coefficient (Wildman–Crippen LogP) is 3.73. The summed E-state index contributed by atoms with van der Waals surface area (Å²) in [5.74, 6) is 0.0370. The van der Waals surface area contributed by atoms with E-state index >= 15 is 0 Å². The number of rotatable bonds is 3. The molecule has 0 aromatic heterocycles. The van der Waals surface area contributed by atoms with Crippen molar-refractivity contribution in [2.75, 3.05) is 13.1 Å². The summed E-state index contributed by atoms with van der Waals surface area (Å²) in [4.78, 5) is 24.6. The van der Waals surface area contributed by atoms with Gasteiger partial charge in [-0.15, -0.1) is 11.6 Å². The number of carbonyl (C=O) groups excluding carboxylic acids is 1. The first-order chi connectivity index (χ1) is 9.90. The van der Waals surface area contributed by atoms with Gasteiger partial charge in [0.05, 0.1) is 4.92 Å². The second kappa shape index (κ2) is 6.62. The zero-order valence-electron chi connectivity index (χ0n) is 11.6. The summed E-state index contributed by atoms with van der Waals surface area (Å²) in [6, 6.07) is 4.04. The summed E-state index contributed by atoms with van der Waals surface area (Å²) < 4.78 is 0. The van der Waals surface area contributed by atoms with Crippen molar-refractivity contribution in [1.29, 1.82) is 0 Å². The number of likely N-dealkylation sites (tertiary alicyclic amines) is 1. The number of nitrogens with zero attached hydrogens (tertiary/aromatic N) is 2. The molecule has 5 nitrogen and oxygen atoms in total. The van der Waals surface area contributed by atoms with Gasteiger partial charge in [-0.2, -0.15) is 0 Å². The van der Waals surface area contributed by atoms with Crippen LogP contribution in [-0.2, 0) is 0 Å². The highest BCUT2D eigenvalue weighted by molar-refractivity contribution is 6.31. The first kappa shape index (κ1) is 16.0. The maximum absolute atomic E-state index is 12.5. The van der Waals surface area contributed by atoms with Crippen LogP contribution in [0.25, 0.3) is 0 Å². The van der Waals surface area contributed by atoms with Gasteiger partial charge < -0.3 is 4.90 Å². The van der Waals surface area contributed by atoms with E-state index in [1.54, 1.807) is 4.90 Å². The molecule has 0 N–H and O–H groups in total. The molecule has 0 spiro atoms. The van der Waals surface area contributed by atoms with Gasteiger partial charge in [0, 0.05) is 29.6 Å². The smallest absolute Gasteiger partial charge is 0.282 e. The molecule has 2 rings (SSSR count). The van der Waals surface area contributed by atoms with Crippen molar-refractivity contribution in [3.05, 3.63) is 38.9 Å². The van der Waals surface area contributed by atoms with Crippen molar-refractivity contribution < 1.29 is 9.72 Å². The van der Waals surface area contributed by atoms with E-state index in [2.05, 4.69) is 0 Å². The molecule has 1 amide bonds. The third kappa shape index (κ3) is 3.66. The Labute approximate surface area is 133 Å². The summed E-state index contributed by atoms with van der Waals surface area (Å²) in [6.45, 7) is 3.07. The number of hydrogen-bond acceptors (Lipinski definition) is 3. The van der Waals surface area contributed by atoms with Crippen LogP contribution in [0, 0.1) is 16.0 Å². The molecule has 0 bridgehead atoms. The van der Waals surface area contributed by atoms with E-state index in [0.29, 0.717) is 24.0 Å². The second-order valence-corrected chi connectivity index (χ2v) is 6.35. The van der Waals surface area contributed by atoms with Crippen LogP contribution in [0.1, 0.15) is 30.1 Å². The minimum atomic E-state index is -0.558. The summed E-state index contributed by atoms with van der Waals surface area (Å²) in [6.07, 6.45) is 1.62. The van der Waals surface area contributed by atoms with Gasteiger partial charge in [-0.1, -0.05) is 11.6 Å². The van der Waals surface area contributed by atoms with Gasteiger partial charge in [-0.3, -0.25) is 14.9 Å². The number of amides is 1. The molecule has 1 heterocycles. The summed E-state index contributed by atoms with van der Waals surface area (Å²) in [7, 11) is 0. The van der Waals surface area contributed by atoms with Crippen molar-refractivity contribution in [2.24, 2.45) is 5.92 Å². The maximum atomic E-state index is 12.5. The van der Waals surface area contributed by atoms with Crippen LogP contribution in [0.5, 0.6) is 0 Å². The Hall–Kier alpha value is -1.33. The molecule has 1 atom stereocenters. The molecule has 0 aliphatic carbocycles. The Balaban J connectivity index is 2.18. The van der Waals surface area contributed by atoms with Crippen LogP contribution >= 0.6 is 23.2 Å². The molecule has 0 saturated carbocycles. The molecule has 21 heavy (non-hydrogen) atoms. The number of carbonyl (C=O) groups is 1.